The maximum atomic E-state index is 12.8. The minimum atomic E-state index is -3.59. The second-order valence-corrected chi connectivity index (χ2v) is 7.72. The van der Waals surface area contributed by atoms with E-state index in [2.05, 4.69) is 25.2 Å². The number of fused-ring (bicyclic) bond motifs is 1. The van der Waals surface area contributed by atoms with E-state index in [1.165, 1.54) is 15.1 Å². The van der Waals surface area contributed by atoms with Crippen molar-refractivity contribution >= 4 is 21.5 Å². The smallest absolute Gasteiger partial charge is 0.277 e. The molecule has 0 aliphatic carbocycles. The molecule has 1 fully saturated rings. The van der Waals surface area contributed by atoms with Crippen LogP contribution in [0.4, 0.5) is 5.82 Å². The maximum Gasteiger partial charge on any atom is 0.277 e. The number of hydrogen-bond donors (Lipinski definition) is 0. The van der Waals surface area contributed by atoms with Crippen LogP contribution in [0, 0.1) is 0 Å². The molecule has 132 valence electrons. The van der Waals surface area contributed by atoms with Crippen molar-refractivity contribution in [3.8, 4) is 0 Å². The lowest BCUT2D eigenvalue weighted by molar-refractivity contribution is 0.425. The van der Waals surface area contributed by atoms with E-state index < -0.39 is 10.0 Å². The van der Waals surface area contributed by atoms with Crippen molar-refractivity contribution in [2.24, 2.45) is 7.05 Å². The summed E-state index contributed by atoms with van der Waals surface area (Å²) in [5.74, 6) is 0.781. The van der Waals surface area contributed by atoms with Gasteiger partial charge >= 0.3 is 0 Å². The predicted molar refractivity (Wildman–Crippen MR) is 89.6 cm³/mol. The van der Waals surface area contributed by atoms with Crippen molar-refractivity contribution in [1.82, 2.24) is 33.7 Å². The number of sulfonamides is 1. The normalized spacial score (nSPS) is 17.1. The Balaban J connectivity index is 1.55. The molecule has 0 radical (unpaired) electrons. The molecule has 0 atom stereocenters. The summed E-state index contributed by atoms with van der Waals surface area (Å²) in [5, 5.41) is 12.3. The lowest BCUT2D eigenvalue weighted by Crippen LogP contribution is -2.36. The zero-order chi connectivity index (χ0) is 17.4. The van der Waals surface area contributed by atoms with E-state index in [0.29, 0.717) is 31.7 Å². The second-order valence-electron chi connectivity index (χ2n) is 5.89. The van der Waals surface area contributed by atoms with Gasteiger partial charge < -0.3 is 9.47 Å². The average Bonchev–Trinajstić information content (AvgIpc) is 3.16. The molecule has 0 aromatic carbocycles. The number of rotatable bonds is 3. The predicted octanol–water partition coefficient (Wildman–Crippen LogP) is -0.241. The van der Waals surface area contributed by atoms with Crippen LogP contribution in [-0.2, 0) is 17.1 Å². The topological polar surface area (TPSA) is 102 Å². The van der Waals surface area contributed by atoms with Crippen molar-refractivity contribution in [3.05, 3.63) is 30.9 Å². The van der Waals surface area contributed by atoms with Gasteiger partial charge in [0.2, 0.25) is 5.16 Å². The highest BCUT2D eigenvalue weighted by molar-refractivity contribution is 7.89. The summed E-state index contributed by atoms with van der Waals surface area (Å²) in [6, 6.07) is 3.73. The summed E-state index contributed by atoms with van der Waals surface area (Å²) < 4.78 is 30.2. The first-order chi connectivity index (χ1) is 12.1. The summed E-state index contributed by atoms with van der Waals surface area (Å²) >= 11 is 0. The molecule has 10 nitrogen and oxygen atoms in total. The van der Waals surface area contributed by atoms with Crippen LogP contribution in [0.5, 0.6) is 0 Å². The molecule has 0 spiro atoms. The number of anilines is 1. The summed E-state index contributed by atoms with van der Waals surface area (Å²) in [5.41, 5.74) is 0.678. The summed E-state index contributed by atoms with van der Waals surface area (Å²) in [6.07, 6.45) is 5.39. The van der Waals surface area contributed by atoms with E-state index in [1.54, 1.807) is 24.1 Å². The van der Waals surface area contributed by atoms with Gasteiger partial charge in [-0.05, 0) is 18.6 Å². The number of imidazole rings is 1. The molecule has 4 rings (SSSR count). The summed E-state index contributed by atoms with van der Waals surface area (Å²) in [6.45, 7) is 2.13. The lowest BCUT2D eigenvalue weighted by Gasteiger charge is -2.22. The van der Waals surface area contributed by atoms with E-state index in [0.717, 1.165) is 12.4 Å². The Morgan fingerprint density at radius 1 is 1.12 bits per heavy atom. The third-order valence-electron chi connectivity index (χ3n) is 4.27. The third-order valence-corrected chi connectivity index (χ3v) is 6.17. The van der Waals surface area contributed by atoms with Crippen LogP contribution < -0.4 is 4.90 Å². The number of hydrogen-bond acceptors (Lipinski definition) is 7. The van der Waals surface area contributed by atoms with Gasteiger partial charge in [0.1, 0.15) is 12.1 Å². The second kappa shape index (κ2) is 6.08. The van der Waals surface area contributed by atoms with Crippen LogP contribution in [0.15, 0.2) is 36.0 Å². The Morgan fingerprint density at radius 3 is 2.80 bits per heavy atom. The van der Waals surface area contributed by atoms with Crippen LogP contribution in [-0.4, -0.2) is 68.3 Å². The number of nitrogens with zero attached hydrogens (tertiary/aromatic N) is 8. The van der Waals surface area contributed by atoms with Crippen LogP contribution in [0.1, 0.15) is 6.42 Å². The fraction of sp³-hybridized carbons (Fsp3) is 0.429. The molecule has 1 saturated heterocycles. The van der Waals surface area contributed by atoms with Gasteiger partial charge in [-0.25, -0.2) is 13.4 Å². The minimum Gasteiger partial charge on any atom is -0.354 e. The molecule has 3 aromatic rings. The molecule has 3 aromatic heterocycles. The van der Waals surface area contributed by atoms with E-state index >= 15 is 0 Å². The SMILES string of the molecule is Cn1ccnc1S(=O)(=O)N1CCCN(c2ccc3nncn3n2)CC1. The zero-order valence-electron chi connectivity index (χ0n) is 13.7. The molecule has 1 aliphatic heterocycles. The molecule has 4 heterocycles. The Hall–Kier alpha value is -2.53. The fourth-order valence-electron chi connectivity index (χ4n) is 2.97. The molecule has 11 heteroatoms. The quantitative estimate of drug-likeness (QED) is 0.633. The average molecular weight is 362 g/mol. The van der Waals surface area contributed by atoms with Crippen LogP contribution in [0.3, 0.4) is 0 Å². The van der Waals surface area contributed by atoms with Gasteiger partial charge in [0, 0.05) is 45.6 Å². The first-order valence-electron chi connectivity index (χ1n) is 7.95. The van der Waals surface area contributed by atoms with Gasteiger partial charge in [-0.3, -0.25) is 0 Å². The van der Waals surface area contributed by atoms with Crippen LogP contribution >= 0.6 is 0 Å². The lowest BCUT2D eigenvalue weighted by atomic mass is 10.4. The van der Waals surface area contributed by atoms with Crippen LogP contribution in [0.25, 0.3) is 5.65 Å². The molecule has 25 heavy (non-hydrogen) atoms. The van der Waals surface area contributed by atoms with Gasteiger partial charge in [-0.1, -0.05) is 0 Å². The van der Waals surface area contributed by atoms with Crippen molar-refractivity contribution in [2.45, 2.75) is 11.6 Å². The standard InChI is InChI=1S/C14H18N8O2S/c1-19-8-5-15-14(19)25(23,24)21-7-2-6-20(9-10-21)13-4-3-12-17-16-11-22(12)18-13/h3-5,8,11H,2,6-7,9-10H2,1H3. The van der Waals surface area contributed by atoms with Gasteiger partial charge in [-0.15, -0.1) is 15.3 Å². The largest absolute Gasteiger partial charge is 0.354 e. The van der Waals surface area contributed by atoms with E-state index in [-0.39, 0.29) is 5.16 Å². The van der Waals surface area contributed by atoms with Crippen molar-refractivity contribution in [2.75, 3.05) is 31.1 Å². The molecule has 0 saturated carbocycles. The number of aromatic nitrogens is 6. The first-order valence-corrected chi connectivity index (χ1v) is 9.39. The molecule has 0 amide bonds. The molecule has 0 unspecified atom stereocenters. The Bertz CT molecular complexity index is 995. The molecular formula is C14H18N8O2S. The van der Waals surface area contributed by atoms with Gasteiger partial charge in [0.05, 0.1) is 0 Å². The van der Waals surface area contributed by atoms with Gasteiger partial charge in [0.15, 0.2) is 5.65 Å². The minimum absolute atomic E-state index is 0.0741. The van der Waals surface area contributed by atoms with E-state index in [1.807, 2.05) is 12.1 Å². The number of aryl methyl sites for hydroxylation is 1. The van der Waals surface area contributed by atoms with Crippen molar-refractivity contribution < 1.29 is 8.42 Å². The first kappa shape index (κ1) is 16.0. The third kappa shape index (κ3) is 2.85. The van der Waals surface area contributed by atoms with Crippen LogP contribution in [0.2, 0.25) is 0 Å². The summed E-state index contributed by atoms with van der Waals surface area (Å²) in [7, 11) is -1.91. The van der Waals surface area contributed by atoms with Gasteiger partial charge in [0.25, 0.3) is 10.0 Å². The Kier molecular flexibility index (Phi) is 3.88. The van der Waals surface area contributed by atoms with Gasteiger partial charge in [-0.2, -0.15) is 8.82 Å². The monoisotopic (exact) mass is 362 g/mol. The highest BCUT2D eigenvalue weighted by atomic mass is 32.2. The Labute approximate surface area is 144 Å². The highest BCUT2D eigenvalue weighted by Crippen LogP contribution is 2.18. The Morgan fingerprint density at radius 2 is 2.00 bits per heavy atom. The fourth-order valence-corrected chi connectivity index (χ4v) is 4.51. The molecule has 1 aliphatic rings. The zero-order valence-corrected chi connectivity index (χ0v) is 14.5. The maximum absolute atomic E-state index is 12.8. The highest BCUT2D eigenvalue weighted by Gasteiger charge is 2.30. The van der Waals surface area contributed by atoms with Crippen molar-refractivity contribution in [3.63, 3.8) is 0 Å². The van der Waals surface area contributed by atoms with E-state index in [4.69, 9.17) is 0 Å². The molecule has 0 bridgehead atoms. The summed E-state index contributed by atoms with van der Waals surface area (Å²) in [4.78, 5) is 6.07. The van der Waals surface area contributed by atoms with E-state index in [9.17, 15) is 8.42 Å². The molecular weight excluding hydrogens is 344 g/mol. The molecule has 0 N–H and O–H groups in total. The van der Waals surface area contributed by atoms with Crippen molar-refractivity contribution in [1.29, 1.82) is 0 Å².